The zero-order valence-corrected chi connectivity index (χ0v) is 16.6. The molecule has 0 spiro atoms. The van der Waals surface area contributed by atoms with Crippen LogP contribution >= 0.6 is 11.3 Å². The van der Waals surface area contributed by atoms with Crippen LogP contribution in [0.5, 0.6) is 5.75 Å². The minimum Gasteiger partial charge on any atom is -0.497 e. The van der Waals surface area contributed by atoms with E-state index in [0.717, 1.165) is 32.8 Å². The van der Waals surface area contributed by atoms with Crippen LogP contribution in [0.2, 0.25) is 0 Å². The Kier molecular flexibility index (Phi) is 7.35. The predicted octanol–water partition coefficient (Wildman–Crippen LogP) is 1.39. The summed E-state index contributed by atoms with van der Waals surface area (Å²) in [7, 11) is 1.57. The number of hydrogen-bond donors (Lipinski definition) is 2. The lowest BCUT2D eigenvalue weighted by Crippen LogP contribution is -2.41. The second-order valence-electron chi connectivity index (χ2n) is 6.31. The molecule has 1 aliphatic rings. The highest BCUT2D eigenvalue weighted by atomic mass is 32.1. The van der Waals surface area contributed by atoms with Gasteiger partial charge >= 0.3 is 0 Å². The van der Waals surface area contributed by atoms with Crippen molar-refractivity contribution in [3.05, 3.63) is 40.9 Å². The second-order valence-corrected chi connectivity index (χ2v) is 7.17. The number of nitrogens with one attached hydrogen (secondary N) is 2. The van der Waals surface area contributed by atoms with E-state index < -0.39 is 0 Å². The Balaban J connectivity index is 1.42. The number of methoxy groups -OCH3 is 1. The highest BCUT2D eigenvalue weighted by molar-refractivity contribution is 7.14. The number of hydrogen-bond acceptors (Lipinski definition) is 7. The number of anilines is 1. The number of ether oxygens (including phenoxy) is 2. The molecule has 2 N–H and O–H groups in total. The molecule has 28 heavy (non-hydrogen) atoms. The average Bonchev–Trinajstić information content (AvgIpc) is 3.15. The lowest BCUT2D eigenvalue weighted by atomic mass is 10.2. The minimum atomic E-state index is -0.251. The number of carbonyl (C=O) groups is 2. The molecular weight excluding hydrogens is 380 g/mol. The van der Waals surface area contributed by atoms with Gasteiger partial charge < -0.3 is 14.8 Å². The molecule has 150 valence electrons. The van der Waals surface area contributed by atoms with E-state index in [-0.39, 0.29) is 18.2 Å². The fraction of sp³-hybridized carbons (Fsp3) is 0.421. The van der Waals surface area contributed by atoms with Gasteiger partial charge in [0.15, 0.2) is 5.13 Å². The number of aromatic nitrogens is 1. The number of benzene rings is 1. The Hall–Kier alpha value is -2.49. The van der Waals surface area contributed by atoms with Gasteiger partial charge in [-0.2, -0.15) is 0 Å². The Morgan fingerprint density at radius 1 is 1.25 bits per heavy atom. The van der Waals surface area contributed by atoms with Gasteiger partial charge in [-0.3, -0.25) is 19.8 Å². The Labute approximate surface area is 167 Å². The van der Waals surface area contributed by atoms with Crippen LogP contribution < -0.4 is 15.4 Å². The molecule has 0 aliphatic carbocycles. The number of carbonyl (C=O) groups excluding carboxylic acids is 2. The van der Waals surface area contributed by atoms with Crippen molar-refractivity contribution >= 4 is 28.3 Å². The molecule has 2 heterocycles. The van der Waals surface area contributed by atoms with E-state index in [9.17, 15) is 9.59 Å². The molecule has 0 saturated carbocycles. The van der Waals surface area contributed by atoms with Gasteiger partial charge in [-0.25, -0.2) is 4.98 Å². The number of thiazole rings is 1. The quantitative estimate of drug-likeness (QED) is 0.691. The molecule has 2 amide bonds. The van der Waals surface area contributed by atoms with Gasteiger partial charge in [-0.1, -0.05) is 0 Å². The highest BCUT2D eigenvalue weighted by Gasteiger charge is 2.13. The van der Waals surface area contributed by atoms with Gasteiger partial charge in [0.1, 0.15) is 5.75 Å². The van der Waals surface area contributed by atoms with Crippen LogP contribution in [0.1, 0.15) is 16.1 Å². The van der Waals surface area contributed by atoms with E-state index in [0.29, 0.717) is 28.7 Å². The van der Waals surface area contributed by atoms with E-state index in [1.165, 1.54) is 11.3 Å². The van der Waals surface area contributed by atoms with Crippen molar-refractivity contribution in [3.8, 4) is 5.75 Å². The summed E-state index contributed by atoms with van der Waals surface area (Å²) in [5.41, 5.74) is 1.15. The summed E-state index contributed by atoms with van der Waals surface area (Å²) in [5, 5.41) is 7.91. The van der Waals surface area contributed by atoms with Crippen LogP contribution in [0, 0.1) is 0 Å². The second kappa shape index (κ2) is 10.2. The molecule has 0 radical (unpaired) electrons. The summed E-state index contributed by atoms with van der Waals surface area (Å²) in [6, 6.07) is 6.82. The van der Waals surface area contributed by atoms with Crippen LogP contribution in [0.25, 0.3) is 0 Å². The number of rotatable bonds is 8. The van der Waals surface area contributed by atoms with Crippen LogP contribution in [-0.2, 0) is 16.0 Å². The summed E-state index contributed by atoms with van der Waals surface area (Å²) in [4.78, 5) is 30.9. The summed E-state index contributed by atoms with van der Waals surface area (Å²) in [6.45, 7) is 4.72. The summed E-state index contributed by atoms with van der Waals surface area (Å²) in [6.07, 6.45) is 0.192. The normalized spacial score (nSPS) is 14.5. The molecule has 1 fully saturated rings. The molecule has 1 aromatic carbocycles. The van der Waals surface area contributed by atoms with Crippen molar-refractivity contribution in [2.45, 2.75) is 6.42 Å². The number of nitrogens with zero attached hydrogens (tertiary/aromatic N) is 2. The monoisotopic (exact) mass is 404 g/mol. The third-order valence-corrected chi connectivity index (χ3v) is 5.13. The first-order chi connectivity index (χ1) is 13.6. The van der Waals surface area contributed by atoms with Crippen LogP contribution in [0.3, 0.4) is 0 Å². The van der Waals surface area contributed by atoms with Gasteiger partial charge in [0.2, 0.25) is 5.91 Å². The van der Waals surface area contributed by atoms with Gasteiger partial charge in [-0.15, -0.1) is 11.3 Å². The lowest BCUT2D eigenvalue weighted by Gasteiger charge is -2.26. The molecule has 2 aromatic rings. The number of morpholine rings is 1. The molecule has 1 aromatic heterocycles. The summed E-state index contributed by atoms with van der Waals surface area (Å²) in [5.74, 6) is 0.359. The summed E-state index contributed by atoms with van der Waals surface area (Å²) < 4.78 is 10.4. The van der Waals surface area contributed by atoms with Crippen LogP contribution in [0.4, 0.5) is 5.13 Å². The van der Waals surface area contributed by atoms with Crippen LogP contribution in [0.15, 0.2) is 29.6 Å². The van der Waals surface area contributed by atoms with Crippen molar-refractivity contribution in [2.75, 3.05) is 51.8 Å². The van der Waals surface area contributed by atoms with Crippen molar-refractivity contribution in [1.82, 2.24) is 15.2 Å². The predicted molar refractivity (Wildman–Crippen MR) is 107 cm³/mol. The molecule has 1 saturated heterocycles. The molecule has 0 atom stereocenters. The van der Waals surface area contributed by atoms with Gasteiger partial charge in [0.25, 0.3) is 5.91 Å². The molecule has 8 nitrogen and oxygen atoms in total. The van der Waals surface area contributed by atoms with E-state index >= 15 is 0 Å². The molecule has 0 unspecified atom stereocenters. The maximum Gasteiger partial charge on any atom is 0.257 e. The average molecular weight is 404 g/mol. The lowest BCUT2D eigenvalue weighted by molar-refractivity contribution is -0.120. The summed E-state index contributed by atoms with van der Waals surface area (Å²) >= 11 is 1.30. The maximum atomic E-state index is 12.3. The Bertz CT molecular complexity index is 787. The van der Waals surface area contributed by atoms with E-state index in [2.05, 4.69) is 20.5 Å². The third-order valence-electron chi connectivity index (χ3n) is 4.32. The smallest absolute Gasteiger partial charge is 0.257 e. The van der Waals surface area contributed by atoms with Crippen molar-refractivity contribution in [1.29, 1.82) is 0 Å². The first-order valence-electron chi connectivity index (χ1n) is 9.10. The minimum absolute atomic E-state index is 0.0772. The zero-order valence-electron chi connectivity index (χ0n) is 15.8. The first kappa shape index (κ1) is 20.2. The topological polar surface area (TPSA) is 92.8 Å². The van der Waals surface area contributed by atoms with Crippen molar-refractivity contribution in [3.63, 3.8) is 0 Å². The first-order valence-corrected chi connectivity index (χ1v) is 9.98. The maximum absolute atomic E-state index is 12.3. The highest BCUT2D eigenvalue weighted by Crippen LogP contribution is 2.18. The fourth-order valence-electron chi connectivity index (χ4n) is 2.76. The van der Waals surface area contributed by atoms with E-state index in [1.54, 1.807) is 36.8 Å². The Morgan fingerprint density at radius 3 is 2.71 bits per heavy atom. The molecule has 0 bridgehead atoms. The van der Waals surface area contributed by atoms with E-state index in [1.807, 2.05) is 0 Å². The van der Waals surface area contributed by atoms with E-state index in [4.69, 9.17) is 9.47 Å². The largest absolute Gasteiger partial charge is 0.497 e. The standard InChI is InChI=1S/C19H24N4O4S/c1-26-16-4-2-14(3-5-16)18(25)22-19-21-15(13-28-19)12-17(24)20-6-7-23-8-10-27-11-9-23/h2-5,13H,6-12H2,1H3,(H,20,24)(H,21,22,25). The zero-order chi connectivity index (χ0) is 19.8. The SMILES string of the molecule is COc1ccc(C(=O)Nc2nc(CC(=O)NCCN3CCOCC3)cs2)cc1. The molecule has 3 rings (SSSR count). The van der Waals surface area contributed by atoms with Gasteiger partial charge in [0.05, 0.1) is 32.4 Å². The number of amides is 2. The van der Waals surface area contributed by atoms with Crippen LogP contribution in [-0.4, -0.2) is 68.2 Å². The molecule has 9 heteroatoms. The Morgan fingerprint density at radius 2 is 2.00 bits per heavy atom. The molecule has 1 aliphatic heterocycles. The van der Waals surface area contributed by atoms with Crippen molar-refractivity contribution < 1.29 is 19.1 Å². The third kappa shape index (κ3) is 6.01. The molecular formula is C19H24N4O4S. The van der Waals surface area contributed by atoms with Crippen molar-refractivity contribution in [2.24, 2.45) is 0 Å². The van der Waals surface area contributed by atoms with Gasteiger partial charge in [0, 0.05) is 37.1 Å². The van der Waals surface area contributed by atoms with Gasteiger partial charge in [-0.05, 0) is 24.3 Å². The fourth-order valence-corrected chi connectivity index (χ4v) is 3.47.